The maximum absolute atomic E-state index is 12.6. The second-order valence-electron chi connectivity index (χ2n) is 7.14. The minimum absolute atomic E-state index is 0.00783. The Balaban J connectivity index is 1.47. The molecule has 0 bridgehead atoms. The Labute approximate surface area is 162 Å². The first-order chi connectivity index (χ1) is 13.0. The quantitative estimate of drug-likeness (QED) is 0.734. The third kappa shape index (κ3) is 3.41. The summed E-state index contributed by atoms with van der Waals surface area (Å²) < 4.78 is 0. The van der Waals surface area contributed by atoms with Crippen LogP contribution in [0.1, 0.15) is 47.6 Å². The molecule has 2 heterocycles. The van der Waals surface area contributed by atoms with Crippen molar-refractivity contribution in [3.05, 3.63) is 62.5 Å². The summed E-state index contributed by atoms with van der Waals surface area (Å²) in [5.74, 6) is 0.643. The molecule has 0 saturated carbocycles. The average Bonchev–Trinajstić information content (AvgIpc) is 3.26. The molecule has 27 heavy (non-hydrogen) atoms. The zero-order valence-electron chi connectivity index (χ0n) is 15.6. The van der Waals surface area contributed by atoms with Crippen molar-refractivity contribution in [1.82, 2.24) is 14.9 Å². The molecule has 4 rings (SSSR count). The predicted molar refractivity (Wildman–Crippen MR) is 108 cm³/mol. The maximum Gasteiger partial charge on any atom is 0.259 e. The lowest BCUT2D eigenvalue weighted by atomic mass is 10.1. The van der Waals surface area contributed by atoms with E-state index in [2.05, 4.69) is 9.97 Å². The average molecular weight is 382 g/mol. The van der Waals surface area contributed by atoms with Crippen LogP contribution >= 0.6 is 11.3 Å². The molecule has 0 fully saturated rings. The number of hydrogen-bond donors (Lipinski definition) is 1. The zero-order chi connectivity index (χ0) is 19.0. The molecule has 0 radical (unpaired) electrons. The Hall–Kier alpha value is -2.47. The Bertz CT molecular complexity index is 1040. The first kappa shape index (κ1) is 17.9. The van der Waals surface area contributed by atoms with E-state index in [4.69, 9.17) is 0 Å². The first-order valence-corrected chi connectivity index (χ1v) is 10.2. The van der Waals surface area contributed by atoms with Gasteiger partial charge in [0, 0.05) is 24.8 Å². The van der Waals surface area contributed by atoms with E-state index in [1.54, 1.807) is 16.2 Å². The summed E-state index contributed by atoms with van der Waals surface area (Å²) in [5.41, 5.74) is 2.23. The number of carbonyl (C=O) groups excluding carboxylic acids is 1. The fourth-order valence-corrected chi connectivity index (χ4v) is 5.02. The smallest absolute Gasteiger partial charge is 0.259 e. The number of aromatic nitrogens is 2. The van der Waals surface area contributed by atoms with Crippen LogP contribution in [-0.2, 0) is 24.1 Å². The number of aryl methyl sites for hydroxylation is 3. The SMILES string of the molecule is CC(c1ccccc1)N(C)C(=O)CCc1nc2sc3c(c2c(=O)[nH]1)CCC3. The van der Waals surface area contributed by atoms with E-state index in [-0.39, 0.29) is 17.5 Å². The molecule has 1 aliphatic rings. The number of fused-ring (bicyclic) bond motifs is 3. The summed E-state index contributed by atoms with van der Waals surface area (Å²) in [4.78, 5) is 36.5. The molecule has 0 aliphatic heterocycles. The summed E-state index contributed by atoms with van der Waals surface area (Å²) >= 11 is 1.63. The van der Waals surface area contributed by atoms with E-state index in [0.717, 1.165) is 35.0 Å². The van der Waals surface area contributed by atoms with Crippen molar-refractivity contribution in [2.24, 2.45) is 0 Å². The molecule has 0 saturated heterocycles. The van der Waals surface area contributed by atoms with Crippen LogP contribution in [0.2, 0.25) is 0 Å². The highest BCUT2D eigenvalue weighted by Crippen LogP contribution is 2.34. The molecule has 0 spiro atoms. The summed E-state index contributed by atoms with van der Waals surface area (Å²) in [7, 11) is 1.82. The van der Waals surface area contributed by atoms with Crippen LogP contribution in [0.15, 0.2) is 35.1 Å². The highest BCUT2D eigenvalue weighted by atomic mass is 32.1. The molecule has 2 aromatic heterocycles. The highest BCUT2D eigenvalue weighted by molar-refractivity contribution is 7.18. The molecule has 3 aromatic rings. The Morgan fingerprint density at radius 1 is 1.30 bits per heavy atom. The fourth-order valence-electron chi connectivity index (χ4n) is 3.74. The molecule has 1 unspecified atom stereocenters. The predicted octanol–water partition coefficient (Wildman–Crippen LogP) is 3.63. The molecule has 1 aliphatic carbocycles. The monoisotopic (exact) mass is 381 g/mol. The van der Waals surface area contributed by atoms with Crippen molar-refractivity contribution in [2.45, 2.75) is 45.1 Å². The van der Waals surface area contributed by atoms with E-state index < -0.39 is 0 Å². The van der Waals surface area contributed by atoms with Gasteiger partial charge in [-0.05, 0) is 37.3 Å². The zero-order valence-corrected chi connectivity index (χ0v) is 16.4. The second kappa shape index (κ2) is 7.27. The number of benzene rings is 1. The van der Waals surface area contributed by atoms with Crippen LogP contribution in [0.3, 0.4) is 0 Å². The van der Waals surface area contributed by atoms with Crippen LogP contribution in [0.25, 0.3) is 10.2 Å². The highest BCUT2D eigenvalue weighted by Gasteiger charge is 2.22. The Morgan fingerprint density at radius 3 is 2.85 bits per heavy atom. The van der Waals surface area contributed by atoms with Crippen molar-refractivity contribution >= 4 is 27.5 Å². The number of amides is 1. The molecular weight excluding hydrogens is 358 g/mol. The largest absolute Gasteiger partial charge is 0.339 e. The van der Waals surface area contributed by atoms with Crippen LogP contribution in [0.4, 0.5) is 0 Å². The van der Waals surface area contributed by atoms with Gasteiger partial charge in [-0.25, -0.2) is 4.98 Å². The van der Waals surface area contributed by atoms with Crippen molar-refractivity contribution in [3.8, 4) is 0 Å². The molecule has 1 amide bonds. The Morgan fingerprint density at radius 2 is 2.07 bits per heavy atom. The van der Waals surface area contributed by atoms with Crippen molar-refractivity contribution in [2.75, 3.05) is 7.05 Å². The molecular formula is C21H23N3O2S. The third-order valence-electron chi connectivity index (χ3n) is 5.46. The van der Waals surface area contributed by atoms with E-state index in [9.17, 15) is 9.59 Å². The Kier molecular flexibility index (Phi) is 4.83. The number of carbonyl (C=O) groups is 1. The van der Waals surface area contributed by atoms with Gasteiger partial charge in [0.1, 0.15) is 10.7 Å². The molecule has 6 heteroatoms. The first-order valence-electron chi connectivity index (χ1n) is 9.38. The third-order valence-corrected chi connectivity index (χ3v) is 6.64. The van der Waals surface area contributed by atoms with E-state index >= 15 is 0 Å². The number of hydrogen-bond acceptors (Lipinski definition) is 4. The fraction of sp³-hybridized carbons (Fsp3) is 0.381. The summed E-state index contributed by atoms with van der Waals surface area (Å²) in [6, 6.07) is 9.98. The lowest BCUT2D eigenvalue weighted by Gasteiger charge is -2.25. The lowest BCUT2D eigenvalue weighted by Crippen LogP contribution is -2.30. The van der Waals surface area contributed by atoms with Crippen LogP contribution in [0, 0.1) is 0 Å². The van der Waals surface area contributed by atoms with Gasteiger partial charge in [-0.15, -0.1) is 11.3 Å². The van der Waals surface area contributed by atoms with Crippen molar-refractivity contribution in [1.29, 1.82) is 0 Å². The molecule has 1 atom stereocenters. The minimum atomic E-state index is -0.0622. The number of rotatable bonds is 5. The molecule has 1 aromatic carbocycles. The lowest BCUT2D eigenvalue weighted by molar-refractivity contribution is -0.131. The number of aromatic amines is 1. The van der Waals surface area contributed by atoms with Gasteiger partial charge in [-0.1, -0.05) is 30.3 Å². The standard InChI is InChI=1S/C21H23N3O2S/c1-13(14-7-4-3-5-8-14)24(2)18(25)12-11-17-22-20(26)19-15-9-6-10-16(15)27-21(19)23-17/h3-5,7-8,13H,6,9-12H2,1-2H3,(H,22,23,26). The van der Waals surface area contributed by atoms with E-state index in [1.165, 1.54) is 10.4 Å². The van der Waals surface area contributed by atoms with Crippen molar-refractivity contribution in [3.63, 3.8) is 0 Å². The van der Waals surface area contributed by atoms with Gasteiger partial charge in [0.2, 0.25) is 5.91 Å². The normalized spacial score (nSPS) is 14.3. The molecule has 5 nitrogen and oxygen atoms in total. The van der Waals surface area contributed by atoms with Crippen molar-refractivity contribution < 1.29 is 4.79 Å². The minimum Gasteiger partial charge on any atom is -0.339 e. The van der Waals surface area contributed by atoms with Gasteiger partial charge in [0.25, 0.3) is 5.56 Å². The second-order valence-corrected chi connectivity index (χ2v) is 8.23. The van der Waals surface area contributed by atoms with E-state index in [0.29, 0.717) is 18.7 Å². The summed E-state index contributed by atoms with van der Waals surface area (Å²) in [6.07, 6.45) is 3.91. The van der Waals surface area contributed by atoms with Gasteiger partial charge < -0.3 is 9.88 Å². The number of nitrogens with zero attached hydrogens (tertiary/aromatic N) is 2. The molecule has 140 valence electrons. The summed E-state index contributed by atoms with van der Waals surface area (Å²) in [5, 5.41) is 0.761. The van der Waals surface area contributed by atoms with Crippen LogP contribution < -0.4 is 5.56 Å². The number of thiophene rings is 1. The van der Waals surface area contributed by atoms with Gasteiger partial charge in [0.05, 0.1) is 11.4 Å². The van der Waals surface area contributed by atoms with Gasteiger partial charge in [-0.2, -0.15) is 0 Å². The summed E-state index contributed by atoms with van der Waals surface area (Å²) in [6.45, 7) is 2.02. The van der Waals surface area contributed by atoms with Gasteiger partial charge in [0.15, 0.2) is 0 Å². The van der Waals surface area contributed by atoms with Gasteiger partial charge >= 0.3 is 0 Å². The van der Waals surface area contributed by atoms with Crippen LogP contribution in [0.5, 0.6) is 0 Å². The topological polar surface area (TPSA) is 66.1 Å². The molecule has 1 N–H and O–H groups in total. The number of nitrogens with one attached hydrogen (secondary N) is 1. The van der Waals surface area contributed by atoms with Crippen LogP contribution in [-0.4, -0.2) is 27.8 Å². The maximum atomic E-state index is 12.6. The van der Waals surface area contributed by atoms with Gasteiger partial charge in [-0.3, -0.25) is 9.59 Å². The van der Waals surface area contributed by atoms with E-state index in [1.807, 2.05) is 44.3 Å². The number of H-pyrrole nitrogens is 1.